The van der Waals surface area contributed by atoms with Crippen LogP contribution in [0.1, 0.15) is 144 Å². The van der Waals surface area contributed by atoms with E-state index in [-0.39, 0.29) is 11.9 Å². The van der Waals surface area contributed by atoms with Gasteiger partial charge in [-0.15, -0.1) is 0 Å². The Labute approximate surface area is 239 Å². The Morgan fingerprint density at radius 2 is 0.694 bits per heavy atom. The average Bonchev–Trinajstić information content (AvgIpc) is 2.87. The maximum absolute atomic E-state index is 13.0. The summed E-state index contributed by atoms with van der Waals surface area (Å²) in [5.41, 5.74) is 0.955. The van der Waals surface area contributed by atoms with Crippen molar-refractivity contribution in [1.29, 1.82) is 0 Å². The van der Waals surface area contributed by atoms with E-state index < -0.39 is 40.3 Å². The molecule has 0 aromatic rings. The Morgan fingerprint density at radius 1 is 0.444 bits per heavy atom. The van der Waals surface area contributed by atoms with Crippen molar-refractivity contribution >= 4 is 52.3 Å². The summed E-state index contributed by atoms with van der Waals surface area (Å²) in [5, 5.41) is 0. The van der Waals surface area contributed by atoms with Crippen molar-refractivity contribution in [2.24, 2.45) is 0 Å². The van der Waals surface area contributed by atoms with Crippen molar-refractivity contribution in [3.8, 4) is 0 Å². The molecule has 0 amide bonds. The molecule has 0 aliphatic carbocycles. The van der Waals surface area contributed by atoms with Gasteiger partial charge in [-0.05, 0) is 0 Å². The fraction of sp³-hybridized carbons (Fsp3) is 0.867. The van der Waals surface area contributed by atoms with Gasteiger partial charge in [-0.2, -0.15) is 0 Å². The van der Waals surface area contributed by atoms with Gasteiger partial charge in [0, 0.05) is 0 Å². The van der Waals surface area contributed by atoms with Crippen molar-refractivity contribution in [2.75, 3.05) is 0 Å². The van der Waals surface area contributed by atoms with Gasteiger partial charge in [0.15, 0.2) is 0 Å². The zero-order chi connectivity index (χ0) is 27.0. The van der Waals surface area contributed by atoms with Crippen molar-refractivity contribution in [3.63, 3.8) is 0 Å². The molecule has 0 atom stereocenters. The van der Waals surface area contributed by atoms with E-state index in [1.54, 1.807) is 13.8 Å². The van der Waals surface area contributed by atoms with Gasteiger partial charge < -0.3 is 0 Å². The Balaban J connectivity index is 5.05. The van der Waals surface area contributed by atoms with Gasteiger partial charge >= 0.3 is 241 Å². The zero-order valence-electron chi connectivity index (χ0n) is 24.9. The molecule has 0 N–H and O–H groups in total. The van der Waals surface area contributed by atoms with Crippen LogP contribution in [0.15, 0.2) is 11.1 Å². The predicted molar refractivity (Wildman–Crippen MR) is 161 cm³/mol. The van der Waals surface area contributed by atoms with E-state index in [4.69, 9.17) is 6.15 Å². The number of unbranched alkanes of at least 4 members (excludes halogenated alkanes) is 12. The first-order chi connectivity index (χ1) is 17.4. The minimum absolute atomic E-state index is 0.242. The Kier molecular flexibility index (Phi) is 25.7. The van der Waals surface area contributed by atoms with Gasteiger partial charge in [-0.25, -0.2) is 0 Å². The third-order valence-electron chi connectivity index (χ3n) is 7.24. The molecule has 0 saturated carbocycles. The molecule has 0 spiro atoms. The van der Waals surface area contributed by atoms with Gasteiger partial charge in [0.05, 0.1) is 0 Å². The molecule has 4 nitrogen and oxygen atoms in total. The molecule has 0 bridgehead atoms. The molecule has 0 aliphatic heterocycles. The van der Waals surface area contributed by atoms with Crippen LogP contribution in [0, 0.1) is 0 Å². The van der Waals surface area contributed by atoms with Gasteiger partial charge in [-0.3, -0.25) is 0 Å². The monoisotopic (exact) mass is 724 g/mol. The first kappa shape index (κ1) is 36.3. The van der Waals surface area contributed by atoms with Gasteiger partial charge in [0.2, 0.25) is 0 Å². The normalized spacial score (nSPS) is 12.2. The van der Waals surface area contributed by atoms with Crippen molar-refractivity contribution in [3.05, 3.63) is 11.1 Å². The molecule has 6 heteroatoms. The van der Waals surface area contributed by atoms with Crippen molar-refractivity contribution in [1.82, 2.24) is 0 Å². The number of carbonyl (C=O) groups is 2. The number of rotatable bonds is 24. The van der Waals surface area contributed by atoms with Crippen LogP contribution in [0.25, 0.3) is 0 Å². The molecule has 0 heterocycles. The van der Waals surface area contributed by atoms with Crippen LogP contribution < -0.4 is 0 Å². The third kappa shape index (κ3) is 19.4. The molecule has 0 aromatic heterocycles. The predicted octanol–water partition coefficient (Wildman–Crippen LogP) is 9.18. The molecule has 0 radical (unpaired) electrons. The van der Waals surface area contributed by atoms with E-state index in [1.165, 1.54) is 103 Å². The van der Waals surface area contributed by atoms with Crippen LogP contribution in [-0.2, 0) is 15.7 Å². The average molecular weight is 722 g/mol. The summed E-state index contributed by atoms with van der Waals surface area (Å²) in [6.45, 7) is 12.4. The SMILES string of the molecule is CCCCC[CH2][SnH]([CH2]CCCCC)[O]C(=O)/C(C)=C(/C)C(=O)[O][SnH]([CH2]CCCCC)[CH2]CCCCC. The topological polar surface area (TPSA) is 52.6 Å². The van der Waals surface area contributed by atoms with Crippen molar-refractivity contribution in [2.45, 2.75) is 162 Å². The minimum atomic E-state index is -2.40. The second-order valence-corrected chi connectivity index (χ2v) is 25.7. The summed E-state index contributed by atoms with van der Waals surface area (Å²) in [6, 6.07) is 0. The standard InChI is InChI=1S/C6H8O4.4C6H13.2Sn.2H/c1-3(5(7)8)4(2)6(9)10;4*1-3-5-6-4-2;;;;/h1-2H3,(H,7,8)(H,9,10);4*1,3-6H2,2H3;;;;/q;;;;;2*+1;;/p-2/b4-3-;;;;;;;;. The summed E-state index contributed by atoms with van der Waals surface area (Å²) in [4.78, 5) is 26.1. The van der Waals surface area contributed by atoms with Crippen LogP contribution in [0.5, 0.6) is 0 Å². The summed E-state index contributed by atoms with van der Waals surface area (Å²) in [7, 11) is 0. The fourth-order valence-electron chi connectivity index (χ4n) is 4.51. The molecule has 0 aliphatic rings. The van der Waals surface area contributed by atoms with E-state index in [0.29, 0.717) is 11.1 Å². The van der Waals surface area contributed by atoms with Crippen LogP contribution in [0.4, 0.5) is 0 Å². The maximum atomic E-state index is 13.0. The molecular formula is C30H60O4Sn2. The molecule has 0 aromatic carbocycles. The number of carbonyl (C=O) groups excluding carboxylic acids is 2. The second-order valence-electron chi connectivity index (χ2n) is 10.7. The van der Waals surface area contributed by atoms with E-state index in [2.05, 4.69) is 27.7 Å². The summed E-state index contributed by atoms with van der Waals surface area (Å²) in [5.74, 6) is -0.484. The summed E-state index contributed by atoms with van der Waals surface area (Å²) >= 11 is -4.80. The van der Waals surface area contributed by atoms with E-state index >= 15 is 0 Å². The Hall–Kier alpha value is 0.277. The van der Waals surface area contributed by atoms with Crippen LogP contribution in [-0.4, -0.2) is 52.3 Å². The first-order valence-electron chi connectivity index (χ1n) is 15.5. The summed E-state index contributed by atoms with van der Waals surface area (Å²) in [6.07, 6.45) is 19.6. The molecule has 212 valence electrons. The van der Waals surface area contributed by atoms with Gasteiger partial charge in [-0.1, -0.05) is 0 Å². The Bertz CT molecular complexity index is 517. The van der Waals surface area contributed by atoms with E-state index in [0.717, 1.165) is 17.7 Å². The second kappa shape index (κ2) is 25.5. The van der Waals surface area contributed by atoms with Gasteiger partial charge in [0.25, 0.3) is 0 Å². The zero-order valence-corrected chi connectivity index (χ0v) is 31.5. The van der Waals surface area contributed by atoms with Crippen molar-refractivity contribution < 1.29 is 15.7 Å². The van der Waals surface area contributed by atoms with Crippen LogP contribution >= 0.6 is 0 Å². The molecule has 0 unspecified atom stereocenters. The van der Waals surface area contributed by atoms with Crippen LogP contribution in [0.3, 0.4) is 0 Å². The van der Waals surface area contributed by atoms with E-state index in [1.807, 2.05) is 0 Å². The molecule has 0 saturated heterocycles. The van der Waals surface area contributed by atoms with Gasteiger partial charge in [0.1, 0.15) is 0 Å². The summed E-state index contributed by atoms with van der Waals surface area (Å²) < 4.78 is 16.8. The fourth-order valence-corrected chi connectivity index (χ4v) is 18.7. The first-order valence-corrected chi connectivity index (χ1v) is 27.5. The Morgan fingerprint density at radius 3 is 0.917 bits per heavy atom. The molecular weight excluding hydrogens is 662 g/mol. The van der Waals surface area contributed by atoms with E-state index in [9.17, 15) is 9.59 Å². The number of hydrogen-bond acceptors (Lipinski definition) is 4. The third-order valence-corrected chi connectivity index (χ3v) is 22.4. The quantitative estimate of drug-likeness (QED) is 0.0567. The number of hydrogen-bond donors (Lipinski definition) is 0. The van der Waals surface area contributed by atoms with Crippen LogP contribution in [0.2, 0.25) is 17.7 Å². The molecule has 0 fully saturated rings. The molecule has 36 heavy (non-hydrogen) atoms. The molecule has 0 rings (SSSR count).